The molecule has 8 rings (SSSR count). The number of benzene rings is 1. The summed E-state index contributed by atoms with van der Waals surface area (Å²) in [6, 6.07) is 6.72. The Morgan fingerprint density at radius 2 is 0.750 bits per heavy atom. The molecule has 17 N–H and O–H groups in total. The third-order valence-electron chi connectivity index (χ3n) is 19.4. The van der Waals surface area contributed by atoms with E-state index >= 15 is 0 Å². The molecule has 3 unspecified atom stereocenters. The lowest BCUT2D eigenvalue weighted by atomic mass is 9.81. The van der Waals surface area contributed by atoms with Crippen molar-refractivity contribution in [2.45, 2.75) is 190 Å². The first kappa shape index (κ1) is 97.7. The van der Waals surface area contributed by atoms with Crippen LogP contribution in [0.4, 0.5) is 17.5 Å². The lowest BCUT2D eigenvalue weighted by molar-refractivity contribution is -0.130. The number of rotatable bonds is 51. The SMILES string of the molecule is Nc1nc(=O)n([C@H]2CC(O)[C@@H](CO)O2)cc1C(=O)NCCOCCOCCCCCCCl.Nc1nc(=O)n([C@H]2CC(O)[C@@H](CO)O2)cc1C(=O)NCc1ccc(C(=O)NCCOCCOCCCCCCCl)cc1.Nc1nc(=O)n([C@H]2CC(O)[C@@H](CO)O2)cc1CNC(=O)C1CCC(C(=O)NCCOCCOCCCCCCCl)CC1. The number of nitrogens with two attached hydrogens (primary N) is 3. The summed E-state index contributed by atoms with van der Waals surface area (Å²) in [5.41, 5.74) is 17.0. The van der Waals surface area contributed by atoms with E-state index in [-0.39, 0.29) is 117 Å². The molecule has 1 aliphatic carbocycles. The molecular weight excluding hydrogens is 1580 g/mol. The van der Waals surface area contributed by atoms with Crippen LogP contribution >= 0.6 is 34.8 Å². The molecule has 652 valence electrons. The number of hydrogen-bond acceptors (Lipinski definition) is 29. The molecule has 1 aromatic carbocycles. The fourth-order valence-corrected chi connectivity index (χ4v) is 13.3. The maximum absolute atomic E-state index is 12.8. The number of carbonyl (C=O) groups excluding carboxylic acids is 5. The number of hydrogen-bond donors (Lipinski definition) is 14. The van der Waals surface area contributed by atoms with Gasteiger partial charge in [-0.3, -0.25) is 37.7 Å². The molecule has 0 bridgehead atoms. The van der Waals surface area contributed by atoms with E-state index in [1.54, 1.807) is 24.3 Å². The van der Waals surface area contributed by atoms with E-state index in [9.17, 15) is 69.0 Å². The molecule has 4 fully saturated rings. The molecule has 0 radical (unpaired) electrons. The zero-order chi connectivity index (χ0) is 84.0. The molecule has 3 saturated heterocycles. The minimum Gasteiger partial charge on any atom is -0.394 e. The highest BCUT2D eigenvalue weighted by Crippen LogP contribution is 2.32. The van der Waals surface area contributed by atoms with Crippen LogP contribution in [-0.4, -0.2) is 262 Å². The van der Waals surface area contributed by atoms with E-state index in [1.165, 1.54) is 23.2 Å². The van der Waals surface area contributed by atoms with Gasteiger partial charge in [0.25, 0.3) is 17.7 Å². The van der Waals surface area contributed by atoms with Gasteiger partial charge in [-0.1, -0.05) is 50.7 Å². The number of aromatic nitrogens is 6. The number of nitrogens with one attached hydrogen (secondary N) is 5. The predicted molar refractivity (Wildman–Crippen MR) is 429 cm³/mol. The number of halogens is 3. The molecule has 1 saturated carbocycles. The van der Waals surface area contributed by atoms with Gasteiger partial charge in [-0.2, -0.15) is 15.0 Å². The highest BCUT2D eigenvalue weighted by molar-refractivity contribution is 6.18. The number of alkyl halides is 3. The monoisotopic (exact) mass is 1700 g/mol. The number of anilines is 3. The average Bonchev–Trinajstić information content (AvgIpc) is 1.52. The average molecular weight is 1700 g/mol. The summed E-state index contributed by atoms with van der Waals surface area (Å²) in [6.07, 6.45) is 11.7. The number of nitrogens with zero attached hydrogens (tertiary/aromatic N) is 6. The van der Waals surface area contributed by atoms with Crippen LogP contribution in [0.2, 0.25) is 0 Å². The second kappa shape index (κ2) is 55.6. The van der Waals surface area contributed by atoms with Gasteiger partial charge < -0.3 is 117 Å². The van der Waals surface area contributed by atoms with Crippen molar-refractivity contribution < 1.29 is 97.2 Å². The minimum atomic E-state index is -0.961. The largest absolute Gasteiger partial charge is 0.394 e. The Bertz CT molecular complexity index is 3740. The second-order valence-corrected chi connectivity index (χ2v) is 29.2. The molecule has 0 spiro atoms. The molecule has 3 aromatic heterocycles. The summed E-state index contributed by atoms with van der Waals surface area (Å²) in [7, 11) is 0. The third kappa shape index (κ3) is 34.3. The Labute approximate surface area is 688 Å². The first-order valence-electron chi connectivity index (χ1n) is 39.8. The van der Waals surface area contributed by atoms with Crippen molar-refractivity contribution in [1.29, 1.82) is 0 Å². The normalized spacial score (nSPS) is 21.0. The van der Waals surface area contributed by atoms with E-state index in [0.717, 1.165) is 98.4 Å². The molecule has 6 heterocycles. The van der Waals surface area contributed by atoms with Crippen LogP contribution in [0.5, 0.6) is 0 Å². The Balaban J connectivity index is 0.000000273. The number of ether oxygens (including phenoxy) is 9. The number of unbranched alkanes of at least 4 members (excludes halogenated alkanes) is 9. The van der Waals surface area contributed by atoms with Gasteiger partial charge in [0.2, 0.25) is 11.8 Å². The van der Waals surface area contributed by atoms with Crippen LogP contribution in [-0.2, 0) is 65.3 Å². The summed E-state index contributed by atoms with van der Waals surface area (Å²) in [6.45, 7) is 6.13. The van der Waals surface area contributed by atoms with Gasteiger partial charge in [0.15, 0.2) is 0 Å². The van der Waals surface area contributed by atoms with Gasteiger partial charge in [0, 0.05) is 131 Å². The highest BCUT2D eigenvalue weighted by Gasteiger charge is 2.39. The van der Waals surface area contributed by atoms with Crippen molar-refractivity contribution in [3.05, 3.63) is 102 Å². The van der Waals surface area contributed by atoms with Crippen molar-refractivity contribution in [3.63, 3.8) is 0 Å². The molecular formula is C76H119Cl3N14O23. The van der Waals surface area contributed by atoms with E-state index < -0.39 is 90.8 Å². The number of aliphatic hydroxyl groups is 6. The quantitative estimate of drug-likeness (QED) is 0.0221. The Morgan fingerprint density at radius 3 is 1.13 bits per heavy atom. The lowest BCUT2D eigenvalue weighted by Crippen LogP contribution is -2.38. The molecule has 9 atom stereocenters. The number of aliphatic hydroxyl groups excluding tert-OH is 6. The lowest BCUT2D eigenvalue weighted by Gasteiger charge is -2.27. The number of amides is 5. The van der Waals surface area contributed by atoms with Gasteiger partial charge in [0.05, 0.1) is 109 Å². The molecule has 40 heteroatoms. The smallest absolute Gasteiger partial charge is 0.351 e. The summed E-state index contributed by atoms with van der Waals surface area (Å²) in [4.78, 5) is 111. The Kier molecular flexibility index (Phi) is 46.8. The van der Waals surface area contributed by atoms with Gasteiger partial charge in [-0.15, -0.1) is 34.8 Å². The van der Waals surface area contributed by atoms with Crippen molar-refractivity contribution in [2.24, 2.45) is 11.8 Å². The Morgan fingerprint density at radius 1 is 0.414 bits per heavy atom. The standard InChI is InChI=1S/C28H46ClN5O8.C28H40ClN5O8.C20H33ClN4O7/c29-9-3-1-2-4-11-40-13-14-41-12-10-31-26(37)19-5-7-20(8-6-19)27(38)32-16-21-17-34(28(39)33-25(21)30)24-15-22(36)23(18-35)42-24;29-9-3-1-2-4-11-40-13-14-41-12-10-31-26(37)20-7-5-19(6-8-20)16-32-27(38)21-17-34(28(39)33-25(21)30)24-15-22(36)23(18-35)42-24;21-5-3-1-2-4-7-30-9-10-31-8-6-23-19(28)14-12-25(20(29)24-18(14)22)17-11-15(27)16(13-26)32-17/h17,19-20,22-24,35-36H,1-16,18H2,(H,31,37)(H,32,38)(H2,30,33,39);5-8,17,22-24,35-36H,1-4,9-16,18H2,(H,31,37)(H,32,38)(H2,30,33,39);12,15-17,26-27H,1-11,13H2,(H,23,28)(H2,22,24,29)/t19?,20?,22?,23-,24-;22?,23-,24-;15?,16-,17-/m111/s1. The van der Waals surface area contributed by atoms with Gasteiger partial charge in [-0.25, -0.2) is 14.4 Å². The van der Waals surface area contributed by atoms with Crippen LogP contribution in [0.15, 0.2) is 57.2 Å². The van der Waals surface area contributed by atoms with Gasteiger partial charge in [0.1, 0.15) is 54.4 Å². The number of nitrogen functional groups attached to an aromatic ring is 3. The zero-order valence-corrected chi connectivity index (χ0v) is 68.0. The van der Waals surface area contributed by atoms with Crippen LogP contribution in [0.1, 0.15) is 183 Å². The second-order valence-electron chi connectivity index (χ2n) is 28.1. The molecule has 37 nitrogen and oxygen atoms in total. The summed E-state index contributed by atoms with van der Waals surface area (Å²) in [5.74, 6) is -0.205. The molecule has 5 amide bonds. The summed E-state index contributed by atoms with van der Waals surface area (Å²) < 4.78 is 52.8. The van der Waals surface area contributed by atoms with Crippen LogP contribution in [0, 0.1) is 11.8 Å². The van der Waals surface area contributed by atoms with Crippen molar-refractivity contribution in [3.8, 4) is 0 Å². The predicted octanol–water partition coefficient (Wildman–Crippen LogP) is 1.82. The van der Waals surface area contributed by atoms with Crippen LogP contribution in [0.3, 0.4) is 0 Å². The van der Waals surface area contributed by atoms with Crippen molar-refractivity contribution in [1.82, 2.24) is 55.2 Å². The molecule has 4 aromatic rings. The fourth-order valence-electron chi connectivity index (χ4n) is 12.7. The van der Waals surface area contributed by atoms with E-state index in [1.807, 2.05) is 0 Å². The third-order valence-corrected chi connectivity index (χ3v) is 20.2. The van der Waals surface area contributed by atoms with Crippen molar-refractivity contribution in [2.75, 3.05) is 154 Å². The first-order valence-corrected chi connectivity index (χ1v) is 41.4. The highest BCUT2D eigenvalue weighted by atomic mass is 35.5. The van der Waals surface area contributed by atoms with Crippen LogP contribution < -0.4 is 60.9 Å². The zero-order valence-electron chi connectivity index (χ0n) is 65.8. The maximum atomic E-state index is 12.8. The van der Waals surface area contributed by atoms with Gasteiger partial charge >= 0.3 is 17.1 Å². The topological polar surface area (TPSA) is 533 Å². The molecule has 4 aliphatic rings. The number of carbonyl (C=O) groups is 5. The maximum Gasteiger partial charge on any atom is 0.351 e. The molecule has 116 heavy (non-hydrogen) atoms. The van der Waals surface area contributed by atoms with Gasteiger partial charge in [-0.05, 0) is 81.9 Å². The summed E-state index contributed by atoms with van der Waals surface area (Å²) in [5, 5.41) is 71.6. The van der Waals surface area contributed by atoms with E-state index in [4.69, 9.17) is 94.6 Å². The fraction of sp³-hybridized carbons (Fsp3) is 0.697. The first-order chi connectivity index (χ1) is 56.1. The molecule has 3 aliphatic heterocycles. The Hall–Kier alpha value is -7.12. The van der Waals surface area contributed by atoms with E-state index in [2.05, 4.69) is 41.5 Å². The summed E-state index contributed by atoms with van der Waals surface area (Å²) >= 11 is 16.9. The van der Waals surface area contributed by atoms with Crippen molar-refractivity contribution >= 4 is 81.8 Å². The minimum absolute atomic E-state index is 0.000431. The van der Waals surface area contributed by atoms with Crippen LogP contribution in [0.25, 0.3) is 0 Å². The van der Waals surface area contributed by atoms with E-state index in [0.29, 0.717) is 134 Å².